The number of nitrogens with zero attached hydrogens (tertiary/aromatic N) is 1. The highest BCUT2D eigenvalue weighted by Gasteiger charge is 2.43. The van der Waals surface area contributed by atoms with E-state index in [0.29, 0.717) is 6.42 Å². The molecule has 1 aliphatic rings. The third-order valence-electron chi connectivity index (χ3n) is 2.94. The maximum Gasteiger partial charge on any atom is 0.236 e. The summed E-state index contributed by atoms with van der Waals surface area (Å²) < 4.78 is 12.9. The van der Waals surface area contributed by atoms with Crippen molar-refractivity contribution in [3.05, 3.63) is 47.1 Å². The standard InChI is InChI=1S/C12H12FN/c1-14-12(6-3-7-12)9-10-4-2-5-11(13)8-10/h2,4-5,8H,3,6-7,9H2. The minimum atomic E-state index is -0.214. The average molecular weight is 189 g/mol. The molecule has 1 aromatic rings. The fourth-order valence-electron chi connectivity index (χ4n) is 1.94. The minimum absolute atomic E-state index is 0.207. The van der Waals surface area contributed by atoms with Gasteiger partial charge in [-0.25, -0.2) is 11.0 Å². The van der Waals surface area contributed by atoms with Gasteiger partial charge < -0.3 is 4.85 Å². The zero-order valence-corrected chi connectivity index (χ0v) is 7.96. The molecular weight excluding hydrogens is 177 g/mol. The lowest BCUT2D eigenvalue weighted by Gasteiger charge is -2.29. The number of halogens is 1. The second-order valence-electron chi connectivity index (χ2n) is 4.00. The summed E-state index contributed by atoms with van der Waals surface area (Å²) in [7, 11) is 0. The van der Waals surface area contributed by atoms with Gasteiger partial charge in [0.25, 0.3) is 0 Å². The normalized spacial score (nSPS) is 18.3. The van der Waals surface area contributed by atoms with E-state index in [9.17, 15) is 4.39 Å². The molecule has 0 aliphatic heterocycles. The number of hydrogen-bond acceptors (Lipinski definition) is 0. The summed E-state index contributed by atoms with van der Waals surface area (Å²) in [5, 5.41) is 0. The van der Waals surface area contributed by atoms with Crippen LogP contribution in [0.15, 0.2) is 24.3 Å². The SMILES string of the molecule is [C-]#[N+]C1(Cc2cccc(F)c2)CCC1. The first-order chi connectivity index (χ1) is 6.74. The molecule has 1 fully saturated rings. The van der Waals surface area contributed by atoms with Crippen LogP contribution in [-0.2, 0) is 6.42 Å². The van der Waals surface area contributed by atoms with Crippen LogP contribution in [0.4, 0.5) is 4.39 Å². The Morgan fingerprint density at radius 2 is 2.21 bits per heavy atom. The van der Waals surface area contributed by atoms with E-state index < -0.39 is 0 Å². The number of benzene rings is 1. The highest BCUT2D eigenvalue weighted by atomic mass is 19.1. The van der Waals surface area contributed by atoms with E-state index in [1.165, 1.54) is 12.1 Å². The van der Waals surface area contributed by atoms with E-state index in [1.807, 2.05) is 6.07 Å². The Morgan fingerprint density at radius 3 is 2.71 bits per heavy atom. The van der Waals surface area contributed by atoms with Crippen molar-refractivity contribution in [1.82, 2.24) is 0 Å². The van der Waals surface area contributed by atoms with Gasteiger partial charge in [-0.05, 0) is 24.1 Å². The molecule has 0 aromatic heterocycles. The highest BCUT2D eigenvalue weighted by molar-refractivity contribution is 5.22. The summed E-state index contributed by atoms with van der Waals surface area (Å²) >= 11 is 0. The van der Waals surface area contributed by atoms with Crippen LogP contribution >= 0.6 is 0 Å². The van der Waals surface area contributed by atoms with Crippen molar-refractivity contribution >= 4 is 0 Å². The van der Waals surface area contributed by atoms with Crippen molar-refractivity contribution in [1.29, 1.82) is 0 Å². The lowest BCUT2D eigenvalue weighted by Crippen LogP contribution is -2.35. The van der Waals surface area contributed by atoms with E-state index in [4.69, 9.17) is 6.57 Å². The summed E-state index contributed by atoms with van der Waals surface area (Å²) in [6.45, 7) is 7.14. The summed E-state index contributed by atoms with van der Waals surface area (Å²) in [4.78, 5) is 3.68. The van der Waals surface area contributed by atoms with Crippen LogP contribution in [0.3, 0.4) is 0 Å². The lowest BCUT2D eigenvalue weighted by atomic mass is 9.73. The first kappa shape index (κ1) is 9.21. The van der Waals surface area contributed by atoms with Crippen LogP contribution in [0.5, 0.6) is 0 Å². The first-order valence-corrected chi connectivity index (χ1v) is 4.87. The van der Waals surface area contributed by atoms with E-state index in [1.54, 1.807) is 6.07 Å². The molecule has 2 heteroatoms. The van der Waals surface area contributed by atoms with E-state index in [0.717, 1.165) is 24.8 Å². The zero-order valence-electron chi connectivity index (χ0n) is 7.96. The van der Waals surface area contributed by atoms with Gasteiger partial charge in [0, 0.05) is 12.8 Å². The maximum atomic E-state index is 12.9. The monoisotopic (exact) mass is 189 g/mol. The Morgan fingerprint density at radius 1 is 1.43 bits per heavy atom. The molecule has 1 nitrogen and oxygen atoms in total. The fourth-order valence-corrected chi connectivity index (χ4v) is 1.94. The molecular formula is C12H12FN. The van der Waals surface area contributed by atoms with Crippen molar-refractivity contribution in [3.63, 3.8) is 0 Å². The number of rotatable bonds is 2. The quantitative estimate of drug-likeness (QED) is 0.629. The Bertz CT molecular complexity index is 374. The van der Waals surface area contributed by atoms with Crippen LogP contribution in [0.2, 0.25) is 0 Å². The zero-order chi connectivity index (χ0) is 10.0. The van der Waals surface area contributed by atoms with Crippen molar-refractivity contribution in [2.75, 3.05) is 0 Å². The second-order valence-corrected chi connectivity index (χ2v) is 4.00. The van der Waals surface area contributed by atoms with Gasteiger partial charge in [0.2, 0.25) is 5.54 Å². The molecule has 2 rings (SSSR count). The molecule has 0 N–H and O–H groups in total. The molecule has 0 radical (unpaired) electrons. The van der Waals surface area contributed by atoms with Gasteiger partial charge in [-0.1, -0.05) is 12.1 Å². The summed E-state index contributed by atoms with van der Waals surface area (Å²) in [5.41, 5.74) is 0.731. The van der Waals surface area contributed by atoms with Gasteiger partial charge in [0.05, 0.1) is 6.42 Å². The first-order valence-electron chi connectivity index (χ1n) is 4.87. The Kier molecular flexibility index (Phi) is 2.25. The molecule has 1 saturated carbocycles. The van der Waals surface area contributed by atoms with Crippen molar-refractivity contribution in [2.24, 2.45) is 0 Å². The molecule has 0 atom stereocenters. The van der Waals surface area contributed by atoms with E-state index in [2.05, 4.69) is 4.85 Å². The molecule has 1 aromatic carbocycles. The van der Waals surface area contributed by atoms with Crippen LogP contribution < -0.4 is 0 Å². The topological polar surface area (TPSA) is 4.36 Å². The van der Waals surface area contributed by atoms with Gasteiger partial charge in [-0.2, -0.15) is 0 Å². The largest absolute Gasteiger partial charge is 0.310 e. The minimum Gasteiger partial charge on any atom is -0.310 e. The predicted molar refractivity (Wildman–Crippen MR) is 53.3 cm³/mol. The van der Waals surface area contributed by atoms with Gasteiger partial charge >= 0.3 is 0 Å². The van der Waals surface area contributed by atoms with Crippen LogP contribution in [-0.4, -0.2) is 5.54 Å². The third-order valence-corrected chi connectivity index (χ3v) is 2.94. The Balaban J connectivity index is 2.14. The van der Waals surface area contributed by atoms with Gasteiger partial charge in [-0.3, -0.25) is 0 Å². The molecule has 0 heterocycles. The Hall–Kier alpha value is -1.36. The van der Waals surface area contributed by atoms with Crippen LogP contribution in [0, 0.1) is 12.4 Å². The summed E-state index contributed by atoms with van der Waals surface area (Å²) in [5.74, 6) is -0.207. The van der Waals surface area contributed by atoms with Crippen molar-refractivity contribution < 1.29 is 4.39 Å². The summed E-state index contributed by atoms with van der Waals surface area (Å²) in [6, 6.07) is 6.58. The van der Waals surface area contributed by atoms with E-state index >= 15 is 0 Å². The van der Waals surface area contributed by atoms with Gasteiger partial charge in [0.1, 0.15) is 5.82 Å². The predicted octanol–water partition coefficient (Wildman–Crippen LogP) is 3.21. The molecule has 72 valence electrons. The summed E-state index contributed by atoms with van der Waals surface area (Å²) in [6.07, 6.45) is 3.77. The molecule has 0 unspecified atom stereocenters. The van der Waals surface area contributed by atoms with Crippen molar-refractivity contribution in [2.45, 2.75) is 31.2 Å². The number of hydrogen-bond donors (Lipinski definition) is 0. The smallest absolute Gasteiger partial charge is 0.236 e. The molecule has 0 amide bonds. The molecule has 0 saturated heterocycles. The fraction of sp³-hybridized carbons (Fsp3) is 0.417. The van der Waals surface area contributed by atoms with Crippen LogP contribution in [0.1, 0.15) is 24.8 Å². The lowest BCUT2D eigenvalue weighted by molar-refractivity contribution is 0.301. The molecule has 1 aliphatic carbocycles. The van der Waals surface area contributed by atoms with Gasteiger partial charge in [0.15, 0.2) is 0 Å². The third kappa shape index (κ3) is 1.63. The average Bonchev–Trinajstić information content (AvgIpc) is 2.11. The molecule has 0 bridgehead atoms. The molecule has 14 heavy (non-hydrogen) atoms. The van der Waals surface area contributed by atoms with E-state index in [-0.39, 0.29) is 11.4 Å². The Labute approximate surface area is 83.4 Å². The molecule has 0 spiro atoms. The maximum absolute atomic E-state index is 12.9. The highest BCUT2D eigenvalue weighted by Crippen LogP contribution is 2.38. The van der Waals surface area contributed by atoms with Crippen molar-refractivity contribution in [3.8, 4) is 0 Å². The van der Waals surface area contributed by atoms with Gasteiger partial charge in [-0.15, -0.1) is 0 Å². The second kappa shape index (κ2) is 3.42. The van der Waals surface area contributed by atoms with Crippen LogP contribution in [0.25, 0.3) is 4.85 Å².